The molecule has 0 saturated carbocycles. The van der Waals surface area contributed by atoms with Crippen molar-refractivity contribution in [3.05, 3.63) is 76.2 Å². The van der Waals surface area contributed by atoms with Crippen LogP contribution in [0.15, 0.2) is 60.0 Å². The Hall–Kier alpha value is -3.89. The zero-order chi connectivity index (χ0) is 42.1. The van der Waals surface area contributed by atoms with Crippen molar-refractivity contribution >= 4 is 59.1 Å². The Kier molecular flexibility index (Phi) is 20.1. The second-order valence-corrected chi connectivity index (χ2v) is 21.2. The van der Waals surface area contributed by atoms with Crippen LogP contribution in [0.25, 0.3) is 11.1 Å². The number of unbranched alkanes of at least 4 members (excludes halogenated alkanes) is 2. The molecular formula is C43H62IN5O7S. The van der Waals surface area contributed by atoms with E-state index in [2.05, 4.69) is 19.1 Å². The number of carbonyl (C=O) groups is 5. The van der Waals surface area contributed by atoms with Crippen molar-refractivity contribution in [3.63, 3.8) is 0 Å². The maximum absolute atomic E-state index is 14.2. The Morgan fingerprint density at radius 2 is 1.60 bits per heavy atom. The minimum absolute atomic E-state index is 0.0315. The zero-order valence-electron chi connectivity index (χ0n) is 34.7. The van der Waals surface area contributed by atoms with Gasteiger partial charge in [0.15, 0.2) is 0 Å². The third-order valence-corrected chi connectivity index (χ3v) is 16.8. The molecule has 3 aromatic rings. The van der Waals surface area contributed by atoms with Crippen LogP contribution in [0, 0.1) is 11.8 Å². The van der Waals surface area contributed by atoms with Crippen molar-refractivity contribution in [3.8, 4) is 11.1 Å². The molecule has 0 aliphatic rings. The second kappa shape index (κ2) is 24.1. The molecule has 3 rings (SSSR count). The fourth-order valence-electron chi connectivity index (χ4n) is 6.41. The topological polar surface area (TPSA) is 167 Å². The van der Waals surface area contributed by atoms with Gasteiger partial charge in [0.05, 0.1) is 5.92 Å². The summed E-state index contributed by atoms with van der Waals surface area (Å²) in [5.41, 5.74) is 3.21. The Labute approximate surface area is 350 Å². The summed E-state index contributed by atoms with van der Waals surface area (Å²) in [7, 11) is 3.66. The molecule has 0 radical (unpaired) electrons. The van der Waals surface area contributed by atoms with E-state index in [-0.39, 0.29) is 44.2 Å². The minimum atomic E-state index is -2.69. The molecule has 314 valence electrons. The molecule has 3 amide bonds. The predicted molar refractivity (Wildman–Crippen MR) is 236 cm³/mol. The van der Waals surface area contributed by atoms with Gasteiger partial charge in [0.1, 0.15) is 0 Å². The molecule has 0 bridgehead atoms. The average molecular weight is 920 g/mol. The van der Waals surface area contributed by atoms with Crippen LogP contribution in [-0.4, -0.2) is 79.3 Å². The fraction of sp³-hybridized carbons (Fsp3) is 0.535. The molecule has 0 fully saturated rings. The molecule has 3 unspecified atom stereocenters. The molecule has 1 heterocycles. The molecule has 0 aliphatic carbocycles. The summed E-state index contributed by atoms with van der Waals surface area (Å²) in [5, 5.41) is 17.8. The molecule has 5 atom stereocenters. The Morgan fingerprint density at radius 3 is 2.19 bits per heavy atom. The van der Waals surface area contributed by atoms with Crippen molar-refractivity contribution in [2.75, 3.05) is 20.6 Å². The van der Waals surface area contributed by atoms with E-state index in [9.17, 15) is 29.1 Å². The Balaban J connectivity index is 1.78. The second-order valence-electron chi connectivity index (χ2n) is 14.9. The van der Waals surface area contributed by atoms with E-state index in [4.69, 9.17) is 4.74 Å². The van der Waals surface area contributed by atoms with Crippen LogP contribution in [0.1, 0.15) is 114 Å². The molecule has 2 aromatic carbocycles. The van der Waals surface area contributed by atoms with Crippen molar-refractivity contribution in [2.24, 2.45) is 11.8 Å². The number of nitrogens with one attached hydrogen (secondary N) is 3. The number of hydrogen-bond donors (Lipinski definition) is 4. The summed E-state index contributed by atoms with van der Waals surface area (Å²) < 4.78 is 8.95. The summed E-state index contributed by atoms with van der Waals surface area (Å²) in [6.45, 7) is 11.9. The van der Waals surface area contributed by atoms with Crippen LogP contribution < -0.4 is 14.2 Å². The van der Waals surface area contributed by atoms with Crippen molar-refractivity contribution in [1.82, 2.24) is 24.0 Å². The average Bonchev–Trinajstić information content (AvgIpc) is 3.69. The maximum atomic E-state index is 14.2. The Morgan fingerprint density at radius 1 is 0.930 bits per heavy atom. The quantitative estimate of drug-likeness (QED) is 0.0131. The van der Waals surface area contributed by atoms with Crippen molar-refractivity contribution < 1.29 is 33.8 Å². The molecule has 0 spiro atoms. The van der Waals surface area contributed by atoms with Gasteiger partial charge in [-0.25, -0.2) is 0 Å². The number of nitrogens with zero attached hydrogens (tertiary/aromatic N) is 2. The molecule has 14 heteroatoms. The monoisotopic (exact) mass is 919 g/mol. The van der Waals surface area contributed by atoms with Gasteiger partial charge < -0.3 is 5.11 Å². The molecule has 12 nitrogen and oxygen atoms in total. The summed E-state index contributed by atoms with van der Waals surface area (Å²) >= 11 is -1.50. The van der Waals surface area contributed by atoms with Gasteiger partial charge in [-0.2, -0.15) is 0 Å². The molecule has 57 heavy (non-hydrogen) atoms. The summed E-state index contributed by atoms with van der Waals surface area (Å²) in [5.74, 6) is -2.75. The number of carbonyl (C=O) groups excluding carboxylic acids is 4. The number of carboxylic acids is 1. The van der Waals surface area contributed by atoms with E-state index in [1.54, 1.807) is 24.3 Å². The third kappa shape index (κ3) is 15.4. The van der Waals surface area contributed by atoms with Crippen LogP contribution in [0.3, 0.4) is 0 Å². The van der Waals surface area contributed by atoms with E-state index < -0.39 is 56.0 Å². The zero-order valence-corrected chi connectivity index (χ0v) is 37.7. The number of thiazole rings is 1. The van der Waals surface area contributed by atoms with E-state index in [0.717, 1.165) is 48.9 Å². The standard InChI is InChI=1S/C43H62IN5O7S/c1-9-30(5)44(48-39(51)18-14-11-15-23-45-7)43(55)49(8)37(28(2)3)26-38(56-31(6)50)41-47-36(27-57-41)40(52)46-35(24-29(4)42(53)54)25-32-19-21-34(22-20-32)33-16-12-10-13-17-33/h10,12-13,16-17,19-22,27-30,35,37-38,45H,9,11,14-15,18,23-26H2,1-8H3,(H,46,52)(H,48,51)(H,53,54)/t29?,30-,35?,37+,38?/m0/s1. The van der Waals surface area contributed by atoms with Crippen LogP contribution in [0.2, 0.25) is 0 Å². The Bertz CT molecular complexity index is 1740. The number of ether oxygens (including phenoxy) is 1. The van der Waals surface area contributed by atoms with Gasteiger partial charge in [-0.1, -0.05) is 61.5 Å². The number of esters is 1. The van der Waals surface area contributed by atoms with Gasteiger partial charge in [-0.15, -0.1) is 0 Å². The van der Waals surface area contributed by atoms with Crippen LogP contribution in [-0.2, 0) is 25.5 Å². The van der Waals surface area contributed by atoms with Gasteiger partial charge in [-0.3, -0.25) is 4.79 Å². The summed E-state index contributed by atoms with van der Waals surface area (Å²) in [6, 6.07) is 17.1. The number of alkyl halides is 1. The SMILES string of the molecule is CC[C@H](C)I(NC(=O)CCCCCNC)C(=O)N(C)[C@H](CC(OC(C)=O)c1nc(C(=O)NC(Cc2ccc(-c3ccccc3)cc2)CC(C)C(=O)O)cs1)C(C)C. The number of benzene rings is 2. The molecule has 0 saturated heterocycles. The predicted octanol–water partition coefficient (Wildman–Crippen LogP) is 8.45. The van der Waals surface area contributed by atoms with Gasteiger partial charge in [0.2, 0.25) is 0 Å². The van der Waals surface area contributed by atoms with Gasteiger partial charge >= 0.3 is 258 Å². The normalized spacial score (nSPS) is 14.2. The van der Waals surface area contributed by atoms with Crippen LogP contribution in [0.4, 0.5) is 4.79 Å². The number of aliphatic carboxylic acids is 1. The first kappa shape index (κ1) is 47.5. The molecular weight excluding hydrogens is 857 g/mol. The first-order valence-corrected chi connectivity index (χ1v) is 24.1. The number of hydrogen-bond acceptors (Lipinski definition) is 9. The molecule has 1 aromatic heterocycles. The van der Waals surface area contributed by atoms with Crippen LogP contribution >= 0.6 is 31.4 Å². The van der Waals surface area contributed by atoms with E-state index in [1.807, 2.05) is 89.3 Å². The molecule has 0 aliphatic heterocycles. The van der Waals surface area contributed by atoms with Gasteiger partial charge in [0.25, 0.3) is 0 Å². The summed E-state index contributed by atoms with van der Waals surface area (Å²) in [6.07, 6.45) is 3.87. The number of carboxylic acid groups (broad SMARTS) is 1. The van der Waals surface area contributed by atoms with E-state index >= 15 is 0 Å². The van der Waals surface area contributed by atoms with E-state index in [1.165, 1.54) is 18.3 Å². The van der Waals surface area contributed by atoms with Gasteiger partial charge in [0, 0.05) is 0 Å². The number of amides is 3. The molecule has 4 N–H and O–H groups in total. The van der Waals surface area contributed by atoms with Crippen molar-refractivity contribution in [2.45, 2.75) is 115 Å². The fourth-order valence-corrected chi connectivity index (χ4v) is 11.9. The third-order valence-electron chi connectivity index (χ3n) is 9.92. The number of halogens is 1. The van der Waals surface area contributed by atoms with E-state index in [0.29, 0.717) is 17.8 Å². The summed E-state index contributed by atoms with van der Waals surface area (Å²) in [4.78, 5) is 71.4. The number of rotatable bonds is 24. The van der Waals surface area contributed by atoms with Crippen molar-refractivity contribution in [1.29, 1.82) is 0 Å². The van der Waals surface area contributed by atoms with Gasteiger partial charge in [-0.05, 0) is 16.7 Å². The first-order valence-electron chi connectivity index (χ1n) is 19.8. The first-order chi connectivity index (χ1) is 27.1. The number of aromatic nitrogens is 1. The van der Waals surface area contributed by atoms with Crippen LogP contribution in [0.5, 0.6) is 0 Å².